The third-order valence-corrected chi connectivity index (χ3v) is 5.94. The summed E-state index contributed by atoms with van der Waals surface area (Å²) in [4.78, 5) is 0.171. The van der Waals surface area contributed by atoms with Gasteiger partial charge in [0.15, 0.2) is 0 Å². The van der Waals surface area contributed by atoms with Gasteiger partial charge >= 0.3 is 0 Å². The van der Waals surface area contributed by atoms with E-state index in [1.807, 2.05) is 24.3 Å². The lowest BCUT2D eigenvalue weighted by molar-refractivity contribution is 0.592. The fraction of sp³-hybridized carbons (Fsp3) is 0.200. The maximum atomic E-state index is 12.9. The molecule has 21 heavy (non-hydrogen) atoms. The van der Waals surface area contributed by atoms with Crippen molar-refractivity contribution in [3.63, 3.8) is 0 Å². The van der Waals surface area contributed by atoms with Crippen LogP contribution in [-0.2, 0) is 16.4 Å². The molecule has 0 saturated carbocycles. The number of benzene rings is 2. The van der Waals surface area contributed by atoms with E-state index >= 15 is 0 Å². The van der Waals surface area contributed by atoms with Gasteiger partial charge in [0.1, 0.15) is 0 Å². The van der Waals surface area contributed by atoms with Crippen molar-refractivity contribution in [1.82, 2.24) is 0 Å². The number of hydrogen-bond acceptors (Lipinski definition) is 3. The van der Waals surface area contributed by atoms with Gasteiger partial charge in [-0.05, 0) is 42.7 Å². The first-order valence-electron chi connectivity index (χ1n) is 6.57. The Balaban J connectivity index is 2.15. The highest BCUT2D eigenvalue weighted by Crippen LogP contribution is 2.35. The van der Waals surface area contributed by atoms with Crippen LogP contribution in [0, 0.1) is 6.92 Å². The number of halogens is 1. The second-order valence-corrected chi connectivity index (χ2v) is 7.34. The second-order valence-electron chi connectivity index (χ2n) is 5.07. The van der Waals surface area contributed by atoms with Crippen LogP contribution < -0.4 is 10.0 Å². The van der Waals surface area contributed by atoms with Gasteiger partial charge in [0, 0.05) is 17.3 Å². The molecule has 2 N–H and O–H groups in total. The van der Waals surface area contributed by atoms with E-state index in [0.29, 0.717) is 29.2 Å². The standard InChI is InChI=1S/C15H15ClN2O2S/c1-10-13(17)8-12(16)9-15(10)21(19,20)18-7-6-11-4-2-3-5-14(11)18/h2-5,8-9H,6-7,17H2,1H3. The van der Waals surface area contributed by atoms with Crippen molar-refractivity contribution in [3.8, 4) is 0 Å². The van der Waals surface area contributed by atoms with Gasteiger partial charge in [0.05, 0.1) is 10.6 Å². The summed E-state index contributed by atoms with van der Waals surface area (Å²) in [5.74, 6) is 0. The fourth-order valence-electron chi connectivity index (χ4n) is 2.62. The Labute approximate surface area is 129 Å². The molecule has 0 amide bonds. The van der Waals surface area contributed by atoms with E-state index in [2.05, 4.69) is 0 Å². The summed E-state index contributed by atoms with van der Waals surface area (Å²) >= 11 is 5.97. The molecular formula is C15H15ClN2O2S. The number of sulfonamides is 1. The molecule has 0 bridgehead atoms. The van der Waals surface area contributed by atoms with E-state index < -0.39 is 10.0 Å². The number of hydrogen-bond donors (Lipinski definition) is 1. The number of anilines is 2. The van der Waals surface area contributed by atoms with E-state index in [-0.39, 0.29) is 4.90 Å². The first-order chi connectivity index (χ1) is 9.91. The smallest absolute Gasteiger partial charge is 0.264 e. The van der Waals surface area contributed by atoms with Gasteiger partial charge in [-0.3, -0.25) is 4.31 Å². The monoisotopic (exact) mass is 322 g/mol. The average Bonchev–Trinajstić information content (AvgIpc) is 2.87. The number of fused-ring (bicyclic) bond motifs is 1. The number of nitrogens with two attached hydrogens (primary N) is 1. The van der Waals surface area contributed by atoms with Gasteiger partial charge < -0.3 is 5.73 Å². The lowest BCUT2D eigenvalue weighted by atomic mass is 10.2. The topological polar surface area (TPSA) is 63.4 Å². The summed E-state index contributed by atoms with van der Waals surface area (Å²) in [7, 11) is -3.66. The van der Waals surface area contributed by atoms with E-state index in [0.717, 1.165) is 11.3 Å². The second kappa shape index (κ2) is 4.93. The predicted octanol–water partition coefficient (Wildman–Crippen LogP) is 2.98. The summed E-state index contributed by atoms with van der Waals surface area (Å²) in [6.07, 6.45) is 0.713. The average molecular weight is 323 g/mol. The Kier molecular flexibility index (Phi) is 3.34. The minimum Gasteiger partial charge on any atom is -0.398 e. The molecule has 0 fully saturated rings. The summed E-state index contributed by atoms with van der Waals surface area (Å²) < 4.78 is 27.3. The first-order valence-corrected chi connectivity index (χ1v) is 8.39. The SMILES string of the molecule is Cc1c(N)cc(Cl)cc1S(=O)(=O)N1CCc2ccccc21. The van der Waals surface area contributed by atoms with Crippen LogP contribution in [0.2, 0.25) is 5.02 Å². The zero-order valence-electron chi connectivity index (χ0n) is 11.5. The van der Waals surface area contributed by atoms with Crippen LogP contribution in [0.5, 0.6) is 0 Å². The Bertz CT molecular complexity index is 818. The fourth-order valence-corrected chi connectivity index (χ4v) is 4.70. The molecule has 1 aliphatic rings. The molecule has 1 heterocycles. The summed E-state index contributed by atoms with van der Waals surface area (Å²) in [5.41, 5.74) is 8.53. The van der Waals surface area contributed by atoms with E-state index in [4.69, 9.17) is 17.3 Å². The molecule has 1 aliphatic heterocycles. The van der Waals surface area contributed by atoms with E-state index in [1.165, 1.54) is 10.4 Å². The van der Waals surface area contributed by atoms with Crippen LogP contribution in [0.25, 0.3) is 0 Å². The van der Waals surface area contributed by atoms with Crippen molar-refractivity contribution in [2.75, 3.05) is 16.6 Å². The van der Waals surface area contributed by atoms with E-state index in [9.17, 15) is 8.42 Å². The maximum absolute atomic E-state index is 12.9. The molecule has 2 aromatic carbocycles. The summed E-state index contributed by atoms with van der Waals surface area (Å²) in [6.45, 7) is 2.13. The Hall–Kier alpha value is -1.72. The molecule has 0 spiro atoms. The van der Waals surface area contributed by atoms with Crippen LogP contribution in [0.15, 0.2) is 41.3 Å². The van der Waals surface area contributed by atoms with Crippen LogP contribution in [0.1, 0.15) is 11.1 Å². The molecule has 0 saturated heterocycles. The van der Waals surface area contributed by atoms with Crippen molar-refractivity contribution in [2.24, 2.45) is 0 Å². The van der Waals surface area contributed by atoms with Crippen LogP contribution in [0.4, 0.5) is 11.4 Å². The molecule has 4 nitrogen and oxygen atoms in total. The third-order valence-electron chi connectivity index (χ3n) is 3.78. The molecule has 3 rings (SSSR count). The van der Waals surface area contributed by atoms with Crippen molar-refractivity contribution in [3.05, 3.63) is 52.5 Å². The summed E-state index contributed by atoms with van der Waals surface area (Å²) in [5, 5.41) is 0.323. The molecule has 0 radical (unpaired) electrons. The highest BCUT2D eigenvalue weighted by molar-refractivity contribution is 7.93. The lowest BCUT2D eigenvalue weighted by Crippen LogP contribution is -2.29. The third kappa shape index (κ3) is 2.26. The van der Waals surface area contributed by atoms with Gasteiger partial charge in [-0.2, -0.15) is 0 Å². The predicted molar refractivity (Wildman–Crippen MR) is 85.3 cm³/mol. The number of rotatable bonds is 2. The molecule has 0 unspecified atom stereocenters. The zero-order chi connectivity index (χ0) is 15.2. The number of nitrogens with zero attached hydrogens (tertiary/aromatic N) is 1. The maximum Gasteiger partial charge on any atom is 0.264 e. The number of para-hydroxylation sites is 1. The quantitative estimate of drug-likeness (QED) is 0.864. The zero-order valence-corrected chi connectivity index (χ0v) is 13.1. The van der Waals surface area contributed by atoms with Gasteiger partial charge in [0.2, 0.25) is 0 Å². The van der Waals surface area contributed by atoms with E-state index in [1.54, 1.807) is 13.0 Å². The molecule has 0 atom stereocenters. The Morgan fingerprint density at radius 2 is 1.95 bits per heavy atom. The molecule has 0 aliphatic carbocycles. The highest BCUT2D eigenvalue weighted by atomic mass is 35.5. The van der Waals surface area contributed by atoms with Gasteiger partial charge in [-0.25, -0.2) is 8.42 Å². The van der Waals surface area contributed by atoms with Crippen LogP contribution in [-0.4, -0.2) is 15.0 Å². The van der Waals surface area contributed by atoms with Gasteiger partial charge in [0.25, 0.3) is 10.0 Å². The highest BCUT2D eigenvalue weighted by Gasteiger charge is 2.32. The van der Waals surface area contributed by atoms with Crippen molar-refractivity contribution >= 4 is 33.0 Å². The van der Waals surface area contributed by atoms with Gasteiger partial charge in [-0.15, -0.1) is 0 Å². The number of nitrogen functional groups attached to an aromatic ring is 1. The largest absolute Gasteiger partial charge is 0.398 e. The minimum absolute atomic E-state index is 0.171. The van der Waals surface area contributed by atoms with Gasteiger partial charge in [-0.1, -0.05) is 29.8 Å². The lowest BCUT2D eigenvalue weighted by Gasteiger charge is -2.21. The molecule has 110 valence electrons. The molecule has 6 heteroatoms. The minimum atomic E-state index is -3.66. The Morgan fingerprint density at radius 3 is 2.71 bits per heavy atom. The van der Waals surface area contributed by atoms with Crippen molar-refractivity contribution in [1.29, 1.82) is 0 Å². The molecular weight excluding hydrogens is 308 g/mol. The van der Waals surface area contributed by atoms with Crippen molar-refractivity contribution < 1.29 is 8.42 Å². The first kappa shape index (κ1) is 14.2. The van der Waals surface area contributed by atoms with Crippen LogP contribution >= 0.6 is 11.6 Å². The summed E-state index contributed by atoms with van der Waals surface area (Å²) in [6, 6.07) is 10.5. The normalized spacial score (nSPS) is 14.3. The molecule has 0 aromatic heterocycles. The Morgan fingerprint density at radius 1 is 1.24 bits per heavy atom. The van der Waals surface area contributed by atoms with Crippen LogP contribution in [0.3, 0.4) is 0 Å². The molecule has 2 aromatic rings. The van der Waals surface area contributed by atoms with Crippen molar-refractivity contribution in [2.45, 2.75) is 18.2 Å².